The van der Waals surface area contributed by atoms with Crippen LogP contribution in [0.3, 0.4) is 0 Å². The fourth-order valence-corrected chi connectivity index (χ4v) is 0.414. The summed E-state index contributed by atoms with van der Waals surface area (Å²) >= 11 is 0. The molecule has 0 unspecified atom stereocenters. The molecule has 3 heteroatoms. The Kier molecular flexibility index (Phi) is 23.0. The van der Waals surface area contributed by atoms with Crippen LogP contribution in [0.25, 0.3) is 5.32 Å². The zero-order valence-corrected chi connectivity index (χ0v) is 10.1. The summed E-state index contributed by atoms with van der Waals surface area (Å²) in [6, 6.07) is 0. The van der Waals surface area contributed by atoms with Gasteiger partial charge in [-0.15, -0.1) is 5.54 Å². The van der Waals surface area contributed by atoms with E-state index in [1.54, 1.807) is 0 Å². The Hall–Kier alpha value is 1.13. The summed E-state index contributed by atoms with van der Waals surface area (Å²) in [7, 11) is 0. The fourth-order valence-electron chi connectivity index (χ4n) is 0.414. The molecule has 0 N–H and O–H groups in total. The first kappa shape index (κ1) is 22.7. The predicted octanol–water partition coefficient (Wildman–Crippen LogP) is 2.64. The van der Waals surface area contributed by atoms with Crippen molar-refractivity contribution in [3.05, 3.63) is 12.2 Å². The minimum Gasteiger partial charge on any atom is -0.659 e. The van der Waals surface area contributed by atoms with Gasteiger partial charge in [-0.25, -0.2) is 6.42 Å². The van der Waals surface area contributed by atoms with Crippen LogP contribution in [0.4, 0.5) is 0 Å². The molecule has 1 nitrogen and oxygen atoms in total. The van der Waals surface area contributed by atoms with Gasteiger partial charge in [-0.2, -0.15) is 6.54 Å². The SMILES string of the molecule is C.[B].[CH2-]CC[N-]C(C)(C)C.[Y]. The van der Waals surface area contributed by atoms with Crippen molar-refractivity contribution in [1.29, 1.82) is 0 Å². The molecule has 0 aromatic rings. The van der Waals surface area contributed by atoms with Crippen LogP contribution in [0, 0.1) is 6.92 Å². The summed E-state index contributed by atoms with van der Waals surface area (Å²) in [6.45, 7) is 10.9. The Labute approximate surface area is 99.6 Å². The van der Waals surface area contributed by atoms with Crippen molar-refractivity contribution in [2.45, 2.75) is 40.2 Å². The third-order valence-corrected chi connectivity index (χ3v) is 0.744. The van der Waals surface area contributed by atoms with Gasteiger partial charge in [0.15, 0.2) is 0 Å². The number of nitrogens with zero attached hydrogens (tertiary/aromatic N) is 1. The monoisotopic (exact) mass is 229 g/mol. The molecule has 0 heterocycles. The van der Waals surface area contributed by atoms with Crippen molar-refractivity contribution in [3.63, 3.8) is 0 Å². The molecule has 0 atom stereocenters. The molecule has 0 spiro atoms. The van der Waals surface area contributed by atoms with E-state index in [1.165, 1.54) is 0 Å². The molecule has 0 fully saturated rings. The van der Waals surface area contributed by atoms with E-state index in [-0.39, 0.29) is 54.1 Å². The van der Waals surface area contributed by atoms with Gasteiger partial charge in [-0.1, -0.05) is 28.2 Å². The van der Waals surface area contributed by atoms with Gasteiger partial charge in [0.05, 0.1) is 0 Å². The van der Waals surface area contributed by atoms with Gasteiger partial charge in [-0.05, 0) is 0 Å². The molecule has 0 aliphatic heterocycles. The van der Waals surface area contributed by atoms with Crippen molar-refractivity contribution in [2.75, 3.05) is 6.54 Å². The summed E-state index contributed by atoms with van der Waals surface area (Å²) in [6.07, 6.45) is 0.914. The second-order valence-corrected chi connectivity index (χ2v) is 2.91. The topological polar surface area (TPSA) is 14.1 Å². The van der Waals surface area contributed by atoms with E-state index in [2.05, 4.69) is 33.0 Å². The first-order valence-corrected chi connectivity index (χ1v) is 3.04. The largest absolute Gasteiger partial charge is 0.659 e. The average molecular weight is 229 g/mol. The molecule has 0 saturated carbocycles. The minimum atomic E-state index is 0. The van der Waals surface area contributed by atoms with Gasteiger partial charge in [-0.3, -0.25) is 0 Å². The number of hydrogen-bond donors (Lipinski definition) is 0. The Morgan fingerprint density at radius 1 is 1.27 bits per heavy atom. The second kappa shape index (κ2) is 11.1. The van der Waals surface area contributed by atoms with Gasteiger partial charge in [0.2, 0.25) is 0 Å². The van der Waals surface area contributed by atoms with Crippen LogP contribution in [0.2, 0.25) is 0 Å². The first-order valence-electron chi connectivity index (χ1n) is 3.04. The van der Waals surface area contributed by atoms with Crippen molar-refractivity contribution in [2.24, 2.45) is 0 Å². The number of rotatable bonds is 2. The van der Waals surface area contributed by atoms with Crippen LogP contribution < -0.4 is 0 Å². The third-order valence-electron chi connectivity index (χ3n) is 0.744. The van der Waals surface area contributed by atoms with Gasteiger partial charge >= 0.3 is 0 Å². The molecule has 0 bridgehead atoms. The standard InChI is InChI=1S/C7H15N.CH4.B.Y/c1-5-6-8-7(2,3)4;;;/h1,5-6H2,2-4H3;1H4;;/q-2;;;. The zero-order chi connectivity index (χ0) is 6.62. The summed E-state index contributed by atoms with van der Waals surface area (Å²) in [4.78, 5) is 0. The maximum Gasteiger partial charge on any atom is 0 e. The Bertz CT molecular complexity index is 61.6. The second-order valence-electron chi connectivity index (χ2n) is 2.91. The predicted molar refractivity (Wildman–Crippen MR) is 50.4 cm³/mol. The van der Waals surface area contributed by atoms with Gasteiger partial charge < -0.3 is 12.2 Å². The van der Waals surface area contributed by atoms with Crippen LogP contribution in [0.1, 0.15) is 34.6 Å². The van der Waals surface area contributed by atoms with Crippen LogP contribution in [-0.4, -0.2) is 20.5 Å². The normalized spacial score (nSPS) is 8.73. The van der Waals surface area contributed by atoms with E-state index < -0.39 is 0 Å². The van der Waals surface area contributed by atoms with E-state index in [0.29, 0.717) is 0 Å². The van der Waals surface area contributed by atoms with Crippen molar-refractivity contribution in [1.82, 2.24) is 0 Å². The first-order chi connectivity index (χ1) is 3.56. The maximum absolute atomic E-state index is 4.31. The molecule has 0 aromatic carbocycles. The minimum absolute atomic E-state index is 0. The molecular formula is C8H19BNY-2. The third kappa shape index (κ3) is 24.7. The van der Waals surface area contributed by atoms with E-state index in [4.69, 9.17) is 0 Å². The zero-order valence-electron chi connectivity index (χ0n) is 7.22. The van der Waals surface area contributed by atoms with E-state index in [1.807, 2.05) is 0 Å². The van der Waals surface area contributed by atoms with E-state index in [9.17, 15) is 0 Å². The van der Waals surface area contributed by atoms with Gasteiger partial charge in [0.1, 0.15) is 0 Å². The van der Waals surface area contributed by atoms with Crippen LogP contribution >= 0.6 is 0 Å². The Balaban J connectivity index is -0.0000000817. The van der Waals surface area contributed by atoms with Crippen LogP contribution in [0.5, 0.6) is 0 Å². The van der Waals surface area contributed by atoms with Crippen molar-refractivity contribution in [3.8, 4) is 0 Å². The summed E-state index contributed by atoms with van der Waals surface area (Å²) in [5.74, 6) is 0. The molecule has 0 aliphatic rings. The van der Waals surface area contributed by atoms with Gasteiger partial charge in [0, 0.05) is 41.1 Å². The van der Waals surface area contributed by atoms with Crippen LogP contribution in [0.15, 0.2) is 0 Å². The molecule has 0 saturated heterocycles. The van der Waals surface area contributed by atoms with E-state index >= 15 is 0 Å². The molecule has 64 valence electrons. The van der Waals surface area contributed by atoms with Gasteiger partial charge in [0.25, 0.3) is 0 Å². The summed E-state index contributed by atoms with van der Waals surface area (Å²) in [5, 5.41) is 4.31. The summed E-state index contributed by atoms with van der Waals surface area (Å²) in [5.41, 5.74) is 0.137. The van der Waals surface area contributed by atoms with E-state index in [0.717, 1.165) is 13.0 Å². The van der Waals surface area contributed by atoms with Crippen molar-refractivity contribution >= 4 is 8.41 Å². The van der Waals surface area contributed by atoms with Crippen molar-refractivity contribution < 1.29 is 32.7 Å². The van der Waals surface area contributed by atoms with Crippen LogP contribution in [-0.2, 0) is 32.7 Å². The quantitative estimate of drug-likeness (QED) is 0.510. The Morgan fingerprint density at radius 2 is 1.64 bits per heavy atom. The molecule has 0 amide bonds. The Morgan fingerprint density at radius 3 is 1.73 bits per heavy atom. The summed E-state index contributed by atoms with van der Waals surface area (Å²) < 4.78 is 0. The molecule has 11 heavy (non-hydrogen) atoms. The fraction of sp³-hybridized carbons (Fsp3) is 0.875. The smallest absolute Gasteiger partial charge is 0 e. The molecule has 0 rings (SSSR count). The number of hydrogen-bond acceptors (Lipinski definition) is 0. The maximum atomic E-state index is 4.31. The molecular weight excluding hydrogens is 210 g/mol. The average Bonchev–Trinajstić information content (AvgIpc) is 1.59. The molecule has 0 aliphatic carbocycles. The molecule has 4 radical (unpaired) electrons. The molecule has 0 aromatic heterocycles.